The number of carbonyl (C=O) groups excluding carboxylic acids is 1. The van der Waals surface area contributed by atoms with Crippen LogP contribution in [0, 0.1) is 0 Å². The van der Waals surface area contributed by atoms with E-state index in [0.717, 1.165) is 17.7 Å². The predicted octanol–water partition coefficient (Wildman–Crippen LogP) is 0.743. The summed E-state index contributed by atoms with van der Waals surface area (Å²) in [6.07, 6.45) is 0.282. The highest BCUT2D eigenvalue weighted by molar-refractivity contribution is 5.98. The molecule has 0 saturated heterocycles. The summed E-state index contributed by atoms with van der Waals surface area (Å²) in [5.74, 6) is 0.928. The number of ketones is 1. The zero-order valence-corrected chi connectivity index (χ0v) is 12.0. The molecule has 0 amide bonds. The maximum absolute atomic E-state index is 12.2. The van der Waals surface area contributed by atoms with Crippen LogP contribution in [0.1, 0.15) is 15.9 Å². The van der Waals surface area contributed by atoms with Gasteiger partial charge < -0.3 is 14.6 Å². The molecule has 1 aromatic rings. The second-order valence-electron chi connectivity index (χ2n) is 5.15. The number of likely N-dealkylation sites (N-methyl/N-ethyl adjacent to an activating group) is 1. The van der Waals surface area contributed by atoms with Gasteiger partial charge >= 0.3 is 0 Å². The molecular weight excluding hydrogens is 258 g/mol. The van der Waals surface area contributed by atoms with Crippen molar-refractivity contribution >= 4 is 5.78 Å². The van der Waals surface area contributed by atoms with Gasteiger partial charge in [0.15, 0.2) is 5.78 Å². The summed E-state index contributed by atoms with van der Waals surface area (Å²) in [6.45, 7) is 1.65. The van der Waals surface area contributed by atoms with Crippen LogP contribution < -0.4 is 4.74 Å². The second kappa shape index (κ2) is 6.83. The molecular formula is C15H21NO4. The number of nitrogens with zero attached hydrogens (tertiary/aromatic N) is 1. The van der Waals surface area contributed by atoms with Crippen LogP contribution in [0.5, 0.6) is 5.75 Å². The Labute approximate surface area is 119 Å². The molecule has 110 valence electrons. The van der Waals surface area contributed by atoms with Gasteiger partial charge in [-0.25, -0.2) is 0 Å². The van der Waals surface area contributed by atoms with Crippen LogP contribution in [0.3, 0.4) is 0 Å². The van der Waals surface area contributed by atoms with Gasteiger partial charge in [-0.15, -0.1) is 0 Å². The highest BCUT2D eigenvalue weighted by atomic mass is 16.5. The maximum atomic E-state index is 12.2. The normalized spacial score (nSPS) is 15.0. The molecule has 5 nitrogen and oxygen atoms in total. The molecule has 1 N–H and O–H groups in total. The molecule has 1 aromatic carbocycles. The standard InChI is InChI=1S/C15H21NO4/c1-16(8-13(17)10-19-2)9-14(18)11-3-4-15-12(7-11)5-6-20-15/h3-4,7,13,17H,5-6,8-10H2,1-2H3. The molecule has 0 bridgehead atoms. The van der Waals surface area contributed by atoms with Gasteiger partial charge in [-0.1, -0.05) is 0 Å². The van der Waals surface area contributed by atoms with Crippen LogP contribution in [0.15, 0.2) is 18.2 Å². The van der Waals surface area contributed by atoms with E-state index in [2.05, 4.69) is 0 Å². The molecule has 1 atom stereocenters. The van der Waals surface area contributed by atoms with Gasteiger partial charge in [-0.05, 0) is 30.8 Å². The Morgan fingerprint density at radius 1 is 1.55 bits per heavy atom. The third-order valence-corrected chi connectivity index (χ3v) is 3.31. The predicted molar refractivity (Wildman–Crippen MR) is 75.4 cm³/mol. The van der Waals surface area contributed by atoms with Crippen molar-refractivity contribution in [2.75, 3.05) is 40.5 Å². The lowest BCUT2D eigenvalue weighted by Gasteiger charge is -2.19. The van der Waals surface area contributed by atoms with Crippen LogP contribution in [-0.2, 0) is 11.2 Å². The van der Waals surface area contributed by atoms with Gasteiger partial charge in [0.05, 0.1) is 25.9 Å². The monoisotopic (exact) mass is 279 g/mol. The third kappa shape index (κ3) is 3.79. The van der Waals surface area contributed by atoms with Crippen molar-refractivity contribution in [2.24, 2.45) is 0 Å². The third-order valence-electron chi connectivity index (χ3n) is 3.31. The lowest BCUT2D eigenvalue weighted by Crippen LogP contribution is -2.35. The number of ether oxygens (including phenoxy) is 2. The number of rotatable bonds is 7. The molecule has 20 heavy (non-hydrogen) atoms. The molecule has 1 aliphatic heterocycles. The SMILES string of the molecule is COCC(O)CN(C)CC(=O)c1ccc2c(c1)CCO2. The van der Waals surface area contributed by atoms with E-state index in [0.29, 0.717) is 18.7 Å². The first kappa shape index (κ1) is 15.0. The number of aliphatic hydroxyl groups excluding tert-OH is 1. The Hall–Kier alpha value is -1.43. The van der Waals surface area contributed by atoms with Crippen LogP contribution in [-0.4, -0.2) is 62.4 Å². The maximum Gasteiger partial charge on any atom is 0.176 e. The number of hydrogen-bond acceptors (Lipinski definition) is 5. The highest BCUT2D eigenvalue weighted by Crippen LogP contribution is 2.26. The average molecular weight is 279 g/mol. The van der Waals surface area contributed by atoms with Gasteiger partial charge in [-0.2, -0.15) is 0 Å². The van der Waals surface area contributed by atoms with E-state index in [1.165, 1.54) is 0 Å². The summed E-state index contributed by atoms with van der Waals surface area (Å²) >= 11 is 0. The molecule has 0 fully saturated rings. The quantitative estimate of drug-likeness (QED) is 0.746. The minimum Gasteiger partial charge on any atom is -0.493 e. The Morgan fingerprint density at radius 2 is 2.35 bits per heavy atom. The molecule has 2 rings (SSSR count). The van der Waals surface area contributed by atoms with Crippen LogP contribution in [0.25, 0.3) is 0 Å². The molecule has 1 heterocycles. The number of benzene rings is 1. The van der Waals surface area contributed by atoms with Crippen molar-refractivity contribution in [3.63, 3.8) is 0 Å². The first-order valence-corrected chi connectivity index (χ1v) is 6.74. The van der Waals surface area contributed by atoms with E-state index in [-0.39, 0.29) is 18.9 Å². The van der Waals surface area contributed by atoms with E-state index >= 15 is 0 Å². The van der Waals surface area contributed by atoms with E-state index in [1.807, 2.05) is 19.2 Å². The molecule has 0 radical (unpaired) electrons. The van der Waals surface area contributed by atoms with Crippen LogP contribution in [0.4, 0.5) is 0 Å². The zero-order chi connectivity index (χ0) is 14.5. The summed E-state index contributed by atoms with van der Waals surface area (Å²) in [7, 11) is 3.36. The Morgan fingerprint density at radius 3 is 3.10 bits per heavy atom. The molecule has 0 saturated carbocycles. The number of aliphatic hydroxyl groups is 1. The summed E-state index contributed by atoms with van der Waals surface area (Å²) in [4.78, 5) is 14.0. The zero-order valence-electron chi connectivity index (χ0n) is 12.0. The highest BCUT2D eigenvalue weighted by Gasteiger charge is 2.17. The molecule has 0 aliphatic carbocycles. The van der Waals surface area contributed by atoms with Crippen molar-refractivity contribution in [1.82, 2.24) is 4.90 Å². The lowest BCUT2D eigenvalue weighted by atomic mass is 10.1. The average Bonchev–Trinajstić information content (AvgIpc) is 2.85. The topological polar surface area (TPSA) is 59.0 Å². The summed E-state index contributed by atoms with van der Waals surface area (Å²) < 4.78 is 10.3. The Kier molecular flexibility index (Phi) is 5.11. The molecule has 1 unspecified atom stereocenters. The van der Waals surface area contributed by atoms with E-state index in [1.54, 1.807) is 18.1 Å². The van der Waals surface area contributed by atoms with Gasteiger partial charge in [-0.3, -0.25) is 9.69 Å². The van der Waals surface area contributed by atoms with Gasteiger partial charge in [0.25, 0.3) is 0 Å². The summed E-state index contributed by atoms with van der Waals surface area (Å²) in [6, 6.07) is 5.56. The largest absolute Gasteiger partial charge is 0.493 e. The number of methoxy groups -OCH3 is 1. The number of fused-ring (bicyclic) bond motifs is 1. The van der Waals surface area contributed by atoms with Gasteiger partial charge in [0.2, 0.25) is 0 Å². The molecule has 1 aliphatic rings. The molecule has 5 heteroatoms. The number of carbonyl (C=O) groups is 1. The van der Waals surface area contributed by atoms with Crippen molar-refractivity contribution in [1.29, 1.82) is 0 Å². The van der Waals surface area contributed by atoms with Crippen molar-refractivity contribution in [2.45, 2.75) is 12.5 Å². The molecule has 0 spiro atoms. The fourth-order valence-corrected chi connectivity index (χ4v) is 2.37. The van der Waals surface area contributed by atoms with Crippen LogP contribution >= 0.6 is 0 Å². The van der Waals surface area contributed by atoms with Gasteiger partial charge in [0, 0.05) is 25.6 Å². The van der Waals surface area contributed by atoms with E-state index < -0.39 is 6.10 Å². The summed E-state index contributed by atoms with van der Waals surface area (Å²) in [5, 5.41) is 9.64. The first-order chi connectivity index (χ1) is 9.60. The Balaban J connectivity index is 1.91. The van der Waals surface area contributed by atoms with Crippen molar-refractivity contribution in [3.8, 4) is 5.75 Å². The fourth-order valence-electron chi connectivity index (χ4n) is 2.37. The van der Waals surface area contributed by atoms with E-state index in [9.17, 15) is 9.90 Å². The van der Waals surface area contributed by atoms with Crippen molar-refractivity contribution in [3.05, 3.63) is 29.3 Å². The summed E-state index contributed by atoms with van der Waals surface area (Å²) in [5.41, 5.74) is 1.79. The fraction of sp³-hybridized carbons (Fsp3) is 0.533. The van der Waals surface area contributed by atoms with Crippen LogP contribution in [0.2, 0.25) is 0 Å². The minimum atomic E-state index is -0.578. The minimum absolute atomic E-state index is 0.0480. The van der Waals surface area contributed by atoms with Gasteiger partial charge in [0.1, 0.15) is 5.75 Å². The molecule has 0 aromatic heterocycles. The van der Waals surface area contributed by atoms with E-state index in [4.69, 9.17) is 9.47 Å². The number of Topliss-reactive ketones (excluding diaryl/α,β-unsaturated/α-hetero) is 1. The van der Waals surface area contributed by atoms with Crippen molar-refractivity contribution < 1.29 is 19.4 Å². The Bertz CT molecular complexity index is 475. The lowest BCUT2D eigenvalue weighted by molar-refractivity contribution is 0.0427. The first-order valence-electron chi connectivity index (χ1n) is 6.74. The smallest absolute Gasteiger partial charge is 0.176 e. The second-order valence-corrected chi connectivity index (χ2v) is 5.15. The number of hydrogen-bond donors (Lipinski definition) is 1.